The molecule has 1 N–H and O–H groups in total. The van der Waals surface area contributed by atoms with Crippen molar-refractivity contribution in [3.63, 3.8) is 0 Å². The van der Waals surface area contributed by atoms with Crippen molar-refractivity contribution in [3.05, 3.63) is 89.7 Å². The molecule has 4 aromatic rings. The Morgan fingerprint density at radius 3 is 2.33 bits per heavy atom. The quantitative estimate of drug-likeness (QED) is 0.408. The van der Waals surface area contributed by atoms with Crippen molar-refractivity contribution in [1.82, 2.24) is 14.9 Å². The maximum absolute atomic E-state index is 13.4. The fourth-order valence-electron chi connectivity index (χ4n) is 4.82. The van der Waals surface area contributed by atoms with Crippen molar-refractivity contribution in [2.45, 2.75) is 25.9 Å². The molecule has 1 fully saturated rings. The number of para-hydroxylation sites is 2. The van der Waals surface area contributed by atoms with Crippen molar-refractivity contribution >= 4 is 28.6 Å². The highest BCUT2D eigenvalue weighted by atomic mass is 19.1. The molecule has 186 valence electrons. The molecule has 0 radical (unpaired) electrons. The van der Waals surface area contributed by atoms with Gasteiger partial charge in [0, 0.05) is 45.3 Å². The summed E-state index contributed by atoms with van der Waals surface area (Å²) in [4.78, 5) is 22.1. The van der Waals surface area contributed by atoms with Gasteiger partial charge in [0.1, 0.15) is 5.82 Å². The topological polar surface area (TPSA) is 53.4 Å². The fraction of sp³-hybridized carbons (Fsp3) is 0.310. The predicted octanol–water partition coefficient (Wildman–Crippen LogP) is 4.82. The van der Waals surface area contributed by atoms with Crippen molar-refractivity contribution in [1.29, 1.82) is 0 Å². The van der Waals surface area contributed by atoms with Crippen LogP contribution in [0.2, 0.25) is 0 Å². The van der Waals surface area contributed by atoms with Gasteiger partial charge in [-0.25, -0.2) is 9.37 Å². The maximum atomic E-state index is 13.4. The summed E-state index contributed by atoms with van der Waals surface area (Å²) in [6.45, 7) is 2.69. The van der Waals surface area contributed by atoms with Gasteiger partial charge < -0.3 is 19.7 Å². The highest BCUT2D eigenvalue weighted by Gasteiger charge is 2.27. The molecular formula is C29H32FN5O. The normalized spacial score (nSPS) is 14.2. The number of amides is 1. The van der Waals surface area contributed by atoms with Gasteiger partial charge in [-0.15, -0.1) is 0 Å². The molecule has 1 aromatic heterocycles. The van der Waals surface area contributed by atoms with Crippen LogP contribution in [0.5, 0.6) is 0 Å². The van der Waals surface area contributed by atoms with Crippen LogP contribution in [0.15, 0.2) is 72.8 Å². The zero-order chi connectivity index (χ0) is 25.1. The second kappa shape index (κ2) is 10.4. The molecule has 3 aromatic carbocycles. The van der Waals surface area contributed by atoms with Crippen LogP contribution in [-0.2, 0) is 17.9 Å². The lowest BCUT2D eigenvalue weighted by Crippen LogP contribution is -2.41. The minimum Gasteiger partial charge on any atom is -0.378 e. The van der Waals surface area contributed by atoms with Crippen LogP contribution >= 0.6 is 0 Å². The van der Waals surface area contributed by atoms with Crippen LogP contribution in [-0.4, -0.2) is 42.6 Å². The lowest BCUT2D eigenvalue weighted by molar-refractivity contribution is -0.125. The molecule has 1 aliphatic heterocycles. The number of nitrogens with zero attached hydrogens (tertiary/aromatic N) is 4. The van der Waals surface area contributed by atoms with Crippen LogP contribution in [0, 0.1) is 11.7 Å². The largest absolute Gasteiger partial charge is 0.378 e. The molecule has 36 heavy (non-hydrogen) atoms. The minimum atomic E-state index is -0.236. The number of nitrogens with one attached hydrogen (secondary N) is 1. The molecular weight excluding hydrogens is 453 g/mol. The van der Waals surface area contributed by atoms with E-state index in [0.29, 0.717) is 13.1 Å². The number of fused-ring (bicyclic) bond motifs is 1. The summed E-state index contributed by atoms with van der Waals surface area (Å²) in [5.41, 5.74) is 5.25. The summed E-state index contributed by atoms with van der Waals surface area (Å²) in [5, 5.41) is 3.12. The molecule has 5 rings (SSSR count). The molecule has 7 heteroatoms. The molecule has 0 unspecified atom stereocenters. The first-order valence-electron chi connectivity index (χ1n) is 12.5. The summed E-state index contributed by atoms with van der Waals surface area (Å²) < 4.78 is 15.6. The number of benzene rings is 3. The molecule has 6 nitrogen and oxygen atoms in total. The van der Waals surface area contributed by atoms with Crippen molar-refractivity contribution in [2.24, 2.45) is 5.92 Å². The van der Waals surface area contributed by atoms with Gasteiger partial charge in [0.2, 0.25) is 11.9 Å². The van der Waals surface area contributed by atoms with Crippen LogP contribution < -0.4 is 15.1 Å². The number of halogens is 1. The third-order valence-corrected chi connectivity index (χ3v) is 6.96. The van der Waals surface area contributed by atoms with E-state index in [1.807, 2.05) is 44.4 Å². The molecule has 0 aliphatic carbocycles. The number of hydrogen-bond acceptors (Lipinski definition) is 4. The third kappa shape index (κ3) is 5.20. The Labute approximate surface area is 211 Å². The predicted molar refractivity (Wildman–Crippen MR) is 143 cm³/mol. The first-order valence-corrected chi connectivity index (χ1v) is 12.5. The van der Waals surface area contributed by atoms with Crippen LogP contribution in [0.3, 0.4) is 0 Å². The number of aromatic nitrogens is 2. The lowest BCUT2D eigenvalue weighted by Gasteiger charge is -2.32. The summed E-state index contributed by atoms with van der Waals surface area (Å²) in [5.74, 6) is 0.782. The second-order valence-electron chi connectivity index (χ2n) is 9.65. The Hall–Kier alpha value is -3.87. The fourth-order valence-corrected chi connectivity index (χ4v) is 4.82. The van der Waals surface area contributed by atoms with Gasteiger partial charge in [-0.3, -0.25) is 4.79 Å². The number of carbonyl (C=O) groups excluding carboxylic acids is 1. The zero-order valence-electron chi connectivity index (χ0n) is 20.8. The molecule has 1 aliphatic rings. The molecule has 1 saturated heterocycles. The van der Waals surface area contributed by atoms with E-state index < -0.39 is 0 Å². The van der Waals surface area contributed by atoms with E-state index in [1.165, 1.54) is 12.1 Å². The third-order valence-electron chi connectivity index (χ3n) is 6.96. The monoisotopic (exact) mass is 485 g/mol. The number of carbonyl (C=O) groups is 1. The van der Waals surface area contributed by atoms with E-state index in [1.54, 1.807) is 0 Å². The highest BCUT2D eigenvalue weighted by Crippen LogP contribution is 2.28. The number of hydrogen-bond donors (Lipinski definition) is 1. The first-order chi connectivity index (χ1) is 17.5. The van der Waals surface area contributed by atoms with E-state index in [2.05, 4.69) is 50.0 Å². The SMILES string of the molecule is CN(C)c1ccc(CNC(=O)C2CCN(c3nc4ccccc4n3Cc3ccc(F)cc3)CC2)cc1. The Morgan fingerprint density at radius 2 is 1.64 bits per heavy atom. The Morgan fingerprint density at radius 1 is 0.972 bits per heavy atom. The number of anilines is 2. The van der Waals surface area contributed by atoms with Gasteiger partial charge in [-0.05, 0) is 60.4 Å². The molecule has 1 amide bonds. The lowest BCUT2D eigenvalue weighted by atomic mass is 9.96. The second-order valence-corrected chi connectivity index (χ2v) is 9.65. The van der Waals surface area contributed by atoms with E-state index in [4.69, 9.17) is 4.98 Å². The van der Waals surface area contributed by atoms with Crippen LogP contribution in [0.4, 0.5) is 16.0 Å². The van der Waals surface area contributed by atoms with Gasteiger partial charge in [-0.1, -0.05) is 36.4 Å². The molecule has 0 saturated carbocycles. The first kappa shape index (κ1) is 23.9. The Kier molecular flexibility index (Phi) is 6.89. The molecule has 2 heterocycles. The van der Waals surface area contributed by atoms with E-state index >= 15 is 0 Å². The number of imidazole rings is 1. The Bertz CT molecular complexity index is 1320. The minimum absolute atomic E-state index is 0.00257. The Balaban J connectivity index is 1.24. The highest BCUT2D eigenvalue weighted by molar-refractivity contribution is 5.80. The van der Waals surface area contributed by atoms with E-state index in [-0.39, 0.29) is 17.6 Å². The van der Waals surface area contributed by atoms with Crippen molar-refractivity contribution in [3.8, 4) is 0 Å². The molecule has 0 atom stereocenters. The van der Waals surface area contributed by atoms with Gasteiger partial charge >= 0.3 is 0 Å². The number of piperidine rings is 1. The van der Waals surface area contributed by atoms with Gasteiger partial charge in [0.05, 0.1) is 17.6 Å². The standard InChI is InChI=1S/C29H32FN5O/c1-33(2)25-13-9-21(10-14-25)19-31-28(36)23-15-17-34(18-16-23)29-32-26-5-3-4-6-27(26)35(29)20-22-7-11-24(30)12-8-22/h3-14,23H,15-20H2,1-2H3,(H,31,36). The molecule has 0 spiro atoms. The maximum Gasteiger partial charge on any atom is 0.223 e. The molecule has 0 bridgehead atoms. The summed E-state index contributed by atoms with van der Waals surface area (Å²) >= 11 is 0. The van der Waals surface area contributed by atoms with Crippen molar-refractivity contribution < 1.29 is 9.18 Å². The van der Waals surface area contributed by atoms with Gasteiger partial charge in [0.15, 0.2) is 0 Å². The van der Waals surface area contributed by atoms with Gasteiger partial charge in [0.25, 0.3) is 0 Å². The van der Waals surface area contributed by atoms with Crippen molar-refractivity contribution in [2.75, 3.05) is 37.0 Å². The smallest absolute Gasteiger partial charge is 0.223 e. The summed E-state index contributed by atoms with van der Waals surface area (Å²) in [6, 6.07) is 23.0. The van der Waals surface area contributed by atoms with E-state index in [9.17, 15) is 9.18 Å². The van der Waals surface area contributed by atoms with Crippen LogP contribution in [0.25, 0.3) is 11.0 Å². The van der Waals surface area contributed by atoms with Crippen LogP contribution in [0.1, 0.15) is 24.0 Å². The van der Waals surface area contributed by atoms with E-state index in [0.717, 1.165) is 59.7 Å². The number of rotatable bonds is 7. The zero-order valence-corrected chi connectivity index (χ0v) is 20.8. The van der Waals surface area contributed by atoms with Gasteiger partial charge in [-0.2, -0.15) is 0 Å². The average molecular weight is 486 g/mol. The summed E-state index contributed by atoms with van der Waals surface area (Å²) in [6.07, 6.45) is 1.57. The summed E-state index contributed by atoms with van der Waals surface area (Å²) in [7, 11) is 4.03. The average Bonchev–Trinajstić information content (AvgIpc) is 3.27.